The molecule has 1 heterocycles. The fraction of sp³-hybridized carbons (Fsp3) is 0.938. The first-order chi connectivity index (χ1) is 9.45. The predicted octanol–water partition coefficient (Wildman–Crippen LogP) is 2.79. The Morgan fingerprint density at radius 2 is 1.95 bits per heavy atom. The van der Waals surface area contributed by atoms with Crippen LogP contribution in [0.5, 0.6) is 0 Å². The molecule has 0 aromatic rings. The molecule has 1 saturated heterocycles. The Hall–Kier alpha value is -0.770. The lowest BCUT2D eigenvalue weighted by Gasteiger charge is -2.36. The molecule has 1 aliphatic heterocycles. The largest absolute Gasteiger partial charge is 0.380 e. The summed E-state index contributed by atoms with van der Waals surface area (Å²) in [6.07, 6.45) is 3.77. The van der Waals surface area contributed by atoms with Crippen molar-refractivity contribution in [3.05, 3.63) is 0 Å². The molecule has 118 valence electrons. The van der Waals surface area contributed by atoms with Gasteiger partial charge in [-0.2, -0.15) is 0 Å². The third-order valence-electron chi connectivity index (χ3n) is 3.67. The van der Waals surface area contributed by atoms with E-state index in [-0.39, 0.29) is 5.41 Å². The molecule has 4 nitrogen and oxygen atoms in total. The average molecular weight is 283 g/mol. The molecular weight excluding hydrogens is 250 g/mol. The Bertz CT molecular complexity index is 298. The summed E-state index contributed by atoms with van der Waals surface area (Å²) >= 11 is 0. The first-order valence-corrected chi connectivity index (χ1v) is 8.08. The number of rotatable bonds is 8. The topological polar surface area (TPSA) is 45.7 Å². The van der Waals surface area contributed by atoms with E-state index in [0.29, 0.717) is 6.04 Å². The average Bonchev–Trinajstić information content (AvgIpc) is 2.33. The van der Waals surface area contributed by atoms with Gasteiger partial charge in [-0.05, 0) is 26.2 Å². The van der Waals surface area contributed by atoms with Crippen LogP contribution in [0.4, 0.5) is 0 Å². The molecular formula is C16H33N3O. The van der Waals surface area contributed by atoms with Gasteiger partial charge < -0.3 is 15.4 Å². The maximum Gasteiger partial charge on any atom is 0.191 e. The van der Waals surface area contributed by atoms with Crippen molar-refractivity contribution in [1.82, 2.24) is 10.6 Å². The van der Waals surface area contributed by atoms with Gasteiger partial charge in [-0.1, -0.05) is 33.6 Å². The van der Waals surface area contributed by atoms with Gasteiger partial charge in [0.15, 0.2) is 5.96 Å². The fourth-order valence-electron chi connectivity index (χ4n) is 2.27. The van der Waals surface area contributed by atoms with Gasteiger partial charge in [0.1, 0.15) is 0 Å². The molecule has 0 aromatic carbocycles. The molecule has 0 aromatic heterocycles. The minimum Gasteiger partial charge on any atom is -0.380 e. The molecule has 0 amide bonds. The normalized spacial score (nSPS) is 19.6. The zero-order valence-electron chi connectivity index (χ0n) is 14.0. The Kier molecular flexibility index (Phi) is 7.35. The smallest absolute Gasteiger partial charge is 0.191 e. The van der Waals surface area contributed by atoms with Crippen molar-refractivity contribution in [3.63, 3.8) is 0 Å². The highest BCUT2D eigenvalue weighted by atomic mass is 16.5. The molecule has 1 rings (SSSR count). The van der Waals surface area contributed by atoms with Gasteiger partial charge in [-0.3, -0.25) is 4.99 Å². The van der Waals surface area contributed by atoms with Gasteiger partial charge in [0.2, 0.25) is 0 Å². The molecule has 20 heavy (non-hydrogen) atoms. The van der Waals surface area contributed by atoms with Crippen LogP contribution < -0.4 is 10.6 Å². The SMILES string of the molecule is CCNC(=NCC1(C)COC1)NC(C)CCCC(C)C. The van der Waals surface area contributed by atoms with Gasteiger partial charge in [0, 0.05) is 18.0 Å². The van der Waals surface area contributed by atoms with E-state index in [1.54, 1.807) is 0 Å². The van der Waals surface area contributed by atoms with Crippen molar-refractivity contribution in [3.8, 4) is 0 Å². The number of guanidine groups is 1. The molecule has 1 fully saturated rings. The highest BCUT2D eigenvalue weighted by Crippen LogP contribution is 2.26. The van der Waals surface area contributed by atoms with Gasteiger partial charge in [-0.15, -0.1) is 0 Å². The minimum absolute atomic E-state index is 0.239. The number of nitrogens with zero attached hydrogens (tertiary/aromatic N) is 1. The maximum atomic E-state index is 5.28. The molecule has 0 radical (unpaired) electrons. The number of ether oxygens (including phenoxy) is 1. The number of hydrogen-bond acceptors (Lipinski definition) is 2. The summed E-state index contributed by atoms with van der Waals surface area (Å²) in [6.45, 7) is 14.5. The van der Waals surface area contributed by atoms with Crippen molar-refractivity contribution >= 4 is 5.96 Å². The summed E-state index contributed by atoms with van der Waals surface area (Å²) in [5.74, 6) is 1.74. The third-order valence-corrected chi connectivity index (χ3v) is 3.67. The number of nitrogens with one attached hydrogen (secondary N) is 2. The van der Waals surface area contributed by atoms with Gasteiger partial charge in [0.25, 0.3) is 0 Å². The monoisotopic (exact) mass is 283 g/mol. The lowest BCUT2D eigenvalue weighted by molar-refractivity contribution is -0.0945. The summed E-state index contributed by atoms with van der Waals surface area (Å²) in [5.41, 5.74) is 0.239. The summed E-state index contributed by atoms with van der Waals surface area (Å²) in [6, 6.07) is 0.469. The van der Waals surface area contributed by atoms with Crippen molar-refractivity contribution in [2.45, 2.75) is 59.9 Å². The van der Waals surface area contributed by atoms with Gasteiger partial charge in [0.05, 0.1) is 19.8 Å². The van der Waals surface area contributed by atoms with Crippen LogP contribution in [0.2, 0.25) is 0 Å². The summed E-state index contributed by atoms with van der Waals surface area (Å²) in [7, 11) is 0. The van der Waals surface area contributed by atoms with E-state index in [2.05, 4.69) is 45.3 Å². The van der Waals surface area contributed by atoms with E-state index in [1.165, 1.54) is 19.3 Å². The molecule has 1 aliphatic rings. The fourth-order valence-corrected chi connectivity index (χ4v) is 2.27. The zero-order chi connectivity index (χ0) is 15.0. The second-order valence-electron chi connectivity index (χ2n) is 6.87. The van der Waals surface area contributed by atoms with Crippen LogP contribution in [0.15, 0.2) is 4.99 Å². The summed E-state index contributed by atoms with van der Waals surface area (Å²) < 4.78 is 5.28. The van der Waals surface area contributed by atoms with Crippen molar-refractivity contribution in [2.24, 2.45) is 16.3 Å². The highest BCUT2D eigenvalue weighted by molar-refractivity contribution is 5.80. The minimum atomic E-state index is 0.239. The van der Waals surface area contributed by atoms with Crippen molar-refractivity contribution < 1.29 is 4.74 Å². The second kappa shape index (κ2) is 8.50. The van der Waals surface area contributed by atoms with Crippen molar-refractivity contribution in [2.75, 3.05) is 26.3 Å². The van der Waals surface area contributed by atoms with E-state index in [0.717, 1.165) is 38.2 Å². The Morgan fingerprint density at radius 3 is 2.45 bits per heavy atom. The van der Waals surface area contributed by atoms with Crippen LogP contribution in [0, 0.1) is 11.3 Å². The molecule has 2 N–H and O–H groups in total. The number of aliphatic imine (C=N–C) groups is 1. The summed E-state index contributed by atoms with van der Waals surface area (Å²) in [4.78, 5) is 4.70. The lowest BCUT2D eigenvalue weighted by Crippen LogP contribution is -2.46. The predicted molar refractivity (Wildman–Crippen MR) is 86.2 cm³/mol. The van der Waals surface area contributed by atoms with Crippen LogP contribution in [0.3, 0.4) is 0 Å². The molecule has 0 aliphatic carbocycles. The maximum absolute atomic E-state index is 5.28. The second-order valence-corrected chi connectivity index (χ2v) is 6.87. The quantitative estimate of drug-likeness (QED) is 0.532. The molecule has 4 heteroatoms. The molecule has 1 unspecified atom stereocenters. The Balaban J connectivity index is 2.34. The Morgan fingerprint density at radius 1 is 1.25 bits per heavy atom. The van der Waals surface area contributed by atoms with E-state index < -0.39 is 0 Å². The lowest BCUT2D eigenvalue weighted by atomic mass is 9.89. The van der Waals surface area contributed by atoms with E-state index in [4.69, 9.17) is 9.73 Å². The third kappa shape index (κ3) is 6.60. The van der Waals surface area contributed by atoms with Crippen LogP contribution in [-0.2, 0) is 4.74 Å². The molecule has 1 atom stereocenters. The highest BCUT2D eigenvalue weighted by Gasteiger charge is 2.33. The summed E-state index contributed by atoms with van der Waals surface area (Å²) in [5, 5.41) is 6.84. The molecule has 0 saturated carbocycles. The van der Waals surface area contributed by atoms with Gasteiger partial charge >= 0.3 is 0 Å². The first-order valence-electron chi connectivity index (χ1n) is 8.08. The number of hydrogen-bond donors (Lipinski definition) is 2. The van der Waals surface area contributed by atoms with Gasteiger partial charge in [-0.25, -0.2) is 0 Å². The van der Waals surface area contributed by atoms with Crippen LogP contribution in [0.1, 0.15) is 53.9 Å². The van der Waals surface area contributed by atoms with Crippen molar-refractivity contribution in [1.29, 1.82) is 0 Å². The Labute approximate surface area is 124 Å². The first kappa shape index (κ1) is 17.3. The molecule has 0 spiro atoms. The van der Waals surface area contributed by atoms with E-state index in [9.17, 15) is 0 Å². The van der Waals surface area contributed by atoms with E-state index in [1.807, 2.05) is 0 Å². The standard InChI is InChI=1S/C16H33N3O/c1-6-17-15(18-10-16(5)11-20-12-16)19-14(4)9-7-8-13(2)3/h13-14H,6-12H2,1-5H3,(H2,17,18,19). The zero-order valence-corrected chi connectivity index (χ0v) is 14.0. The van der Waals surface area contributed by atoms with E-state index >= 15 is 0 Å². The van der Waals surface area contributed by atoms with Crippen LogP contribution in [-0.4, -0.2) is 38.3 Å². The van der Waals surface area contributed by atoms with Crippen LogP contribution >= 0.6 is 0 Å². The van der Waals surface area contributed by atoms with Crippen LogP contribution in [0.25, 0.3) is 0 Å². The molecule has 0 bridgehead atoms.